The number of hydrogen-bond donors (Lipinski definition) is 1. The summed E-state index contributed by atoms with van der Waals surface area (Å²) in [5, 5.41) is 18.3. The fourth-order valence-electron chi connectivity index (χ4n) is 3.45. The number of aryl methyl sites for hydroxylation is 1. The number of nitrogens with one attached hydrogen (secondary N) is 1. The Hall–Kier alpha value is -4.13. The summed E-state index contributed by atoms with van der Waals surface area (Å²) in [4.78, 5) is 23.4. The molecule has 2 heterocycles. The van der Waals surface area contributed by atoms with Crippen molar-refractivity contribution in [2.45, 2.75) is 26.6 Å². The van der Waals surface area contributed by atoms with Gasteiger partial charge in [-0.25, -0.2) is 0 Å². The second-order valence-electron chi connectivity index (χ2n) is 7.96. The van der Waals surface area contributed by atoms with Crippen LogP contribution in [0.1, 0.15) is 33.3 Å². The van der Waals surface area contributed by atoms with Gasteiger partial charge in [-0.1, -0.05) is 6.07 Å². The maximum absolute atomic E-state index is 13.0. The first kappa shape index (κ1) is 25.9. The molecule has 0 radical (unpaired) electrons. The fourth-order valence-corrected chi connectivity index (χ4v) is 3.73. The van der Waals surface area contributed by atoms with Gasteiger partial charge in [-0.05, 0) is 60.1 Å². The minimum Gasteiger partial charge on any atom is -0.457 e. The summed E-state index contributed by atoms with van der Waals surface area (Å²) in [7, 11) is 0. The lowest BCUT2D eigenvalue weighted by Gasteiger charge is -2.11. The maximum Gasteiger partial charge on any atom is 0.416 e. The highest BCUT2D eigenvalue weighted by Crippen LogP contribution is 2.34. The molecule has 0 saturated carbocycles. The van der Waals surface area contributed by atoms with E-state index in [-0.39, 0.29) is 29.5 Å². The zero-order valence-electron chi connectivity index (χ0n) is 19.3. The molecule has 0 atom stereocenters. The Labute approximate surface area is 216 Å². The highest BCUT2D eigenvalue weighted by molar-refractivity contribution is 9.10. The summed E-state index contributed by atoms with van der Waals surface area (Å²) in [6, 6.07) is 10.5. The van der Waals surface area contributed by atoms with E-state index in [1.54, 1.807) is 10.7 Å². The second-order valence-corrected chi connectivity index (χ2v) is 8.76. The standard InChI is InChI=1S/C24H18BrF3N4O5/c1-13-22(25)14(2)31(30-13)12-19-6-7-21(37-19)23(33)29-16-9-17(32(34)35)11-20(10-16)36-18-5-3-4-15(8-18)24(26,27)28/h3-11H,12H2,1-2H3,(H,29,33). The topological polar surface area (TPSA) is 112 Å². The number of carbonyl (C=O) groups excluding carboxylic acids is 1. The Morgan fingerprint density at radius 2 is 1.92 bits per heavy atom. The Bertz CT molecular complexity index is 1500. The van der Waals surface area contributed by atoms with E-state index in [1.807, 2.05) is 13.8 Å². The molecule has 4 rings (SSSR count). The number of halogens is 4. The minimum absolute atomic E-state index is 0.0124. The normalized spacial score (nSPS) is 11.4. The predicted octanol–water partition coefficient (Wildman–Crippen LogP) is 6.88. The Kier molecular flexibility index (Phi) is 7.07. The van der Waals surface area contributed by atoms with Crippen molar-refractivity contribution in [3.05, 3.63) is 97.7 Å². The molecule has 0 aliphatic heterocycles. The molecule has 192 valence electrons. The third kappa shape index (κ3) is 6.00. The number of carbonyl (C=O) groups is 1. The molecule has 4 aromatic rings. The van der Waals surface area contributed by atoms with Gasteiger partial charge in [0, 0.05) is 12.1 Å². The first-order valence-electron chi connectivity index (χ1n) is 10.6. The second kappa shape index (κ2) is 10.1. The lowest BCUT2D eigenvalue weighted by molar-refractivity contribution is -0.384. The molecule has 9 nitrogen and oxygen atoms in total. The average molecular weight is 579 g/mol. The van der Waals surface area contributed by atoms with Gasteiger partial charge in [-0.3, -0.25) is 19.6 Å². The van der Waals surface area contributed by atoms with Gasteiger partial charge in [-0.2, -0.15) is 18.3 Å². The average Bonchev–Trinajstić information content (AvgIpc) is 3.39. The highest BCUT2D eigenvalue weighted by atomic mass is 79.9. The van der Waals surface area contributed by atoms with Gasteiger partial charge in [-0.15, -0.1) is 0 Å². The van der Waals surface area contributed by atoms with Crippen LogP contribution in [0.3, 0.4) is 0 Å². The number of benzene rings is 2. The van der Waals surface area contributed by atoms with Crippen LogP contribution in [0.4, 0.5) is 24.5 Å². The Morgan fingerprint density at radius 1 is 1.16 bits per heavy atom. The molecule has 0 aliphatic rings. The van der Waals surface area contributed by atoms with E-state index in [1.165, 1.54) is 18.2 Å². The number of aromatic nitrogens is 2. The molecule has 0 spiro atoms. The van der Waals surface area contributed by atoms with E-state index in [0.717, 1.165) is 46.2 Å². The van der Waals surface area contributed by atoms with Crippen LogP contribution >= 0.6 is 15.9 Å². The van der Waals surface area contributed by atoms with Gasteiger partial charge in [0.15, 0.2) is 5.76 Å². The van der Waals surface area contributed by atoms with Crippen molar-refractivity contribution in [2.24, 2.45) is 0 Å². The van der Waals surface area contributed by atoms with Crippen molar-refractivity contribution < 1.29 is 32.0 Å². The third-order valence-corrected chi connectivity index (χ3v) is 6.39. The third-order valence-electron chi connectivity index (χ3n) is 5.24. The summed E-state index contributed by atoms with van der Waals surface area (Å²) >= 11 is 3.45. The molecule has 0 unspecified atom stereocenters. The molecule has 0 saturated heterocycles. The molecule has 1 amide bonds. The smallest absolute Gasteiger partial charge is 0.416 e. The molecule has 0 fully saturated rings. The van der Waals surface area contributed by atoms with Crippen molar-refractivity contribution in [1.82, 2.24) is 9.78 Å². The van der Waals surface area contributed by atoms with Gasteiger partial charge in [0.1, 0.15) is 17.3 Å². The van der Waals surface area contributed by atoms with Crippen molar-refractivity contribution in [2.75, 3.05) is 5.32 Å². The molecule has 2 aromatic heterocycles. The summed E-state index contributed by atoms with van der Waals surface area (Å²) in [6.07, 6.45) is -4.59. The zero-order valence-corrected chi connectivity index (χ0v) is 20.9. The summed E-state index contributed by atoms with van der Waals surface area (Å²) in [5.41, 5.74) is 0.294. The number of ether oxygens (including phenoxy) is 1. The number of non-ortho nitro benzene ring substituents is 1. The van der Waals surface area contributed by atoms with E-state index >= 15 is 0 Å². The first-order chi connectivity index (χ1) is 17.4. The Morgan fingerprint density at radius 3 is 2.57 bits per heavy atom. The van der Waals surface area contributed by atoms with Crippen LogP contribution in [0, 0.1) is 24.0 Å². The number of nitrogens with zero attached hydrogens (tertiary/aromatic N) is 3. The summed E-state index contributed by atoms with van der Waals surface area (Å²) < 4.78 is 52.6. The van der Waals surface area contributed by atoms with Crippen LogP contribution in [0.15, 0.2) is 63.5 Å². The molecule has 0 bridgehead atoms. The number of rotatable bonds is 7. The summed E-state index contributed by atoms with van der Waals surface area (Å²) in [6.45, 7) is 4.00. The number of hydrogen-bond acceptors (Lipinski definition) is 6. The van der Waals surface area contributed by atoms with Crippen LogP contribution in [-0.2, 0) is 12.7 Å². The van der Waals surface area contributed by atoms with Gasteiger partial charge < -0.3 is 14.5 Å². The van der Waals surface area contributed by atoms with E-state index < -0.39 is 28.3 Å². The lowest BCUT2D eigenvalue weighted by Crippen LogP contribution is -2.11. The maximum atomic E-state index is 13.0. The van der Waals surface area contributed by atoms with E-state index in [2.05, 4.69) is 26.3 Å². The fraction of sp³-hybridized carbons (Fsp3) is 0.167. The summed E-state index contributed by atoms with van der Waals surface area (Å²) in [5.74, 6) is -0.609. The minimum atomic E-state index is -4.59. The SMILES string of the molecule is Cc1nn(Cc2ccc(C(=O)Nc3cc(Oc4cccc(C(F)(F)F)c4)cc([N+](=O)[O-])c3)o2)c(C)c1Br. The number of alkyl halides is 3. The van der Waals surface area contributed by atoms with Crippen LogP contribution in [-0.4, -0.2) is 20.6 Å². The number of nitro groups is 1. The molecule has 0 aliphatic carbocycles. The monoisotopic (exact) mass is 578 g/mol. The molecule has 13 heteroatoms. The van der Waals surface area contributed by atoms with Crippen molar-refractivity contribution in [3.8, 4) is 11.5 Å². The molecule has 2 aromatic carbocycles. The Balaban J connectivity index is 1.53. The highest BCUT2D eigenvalue weighted by Gasteiger charge is 2.30. The van der Waals surface area contributed by atoms with Gasteiger partial charge in [0.2, 0.25) is 0 Å². The predicted molar refractivity (Wildman–Crippen MR) is 130 cm³/mol. The number of amides is 1. The van der Waals surface area contributed by atoms with E-state index in [0.29, 0.717) is 5.76 Å². The van der Waals surface area contributed by atoms with E-state index in [4.69, 9.17) is 9.15 Å². The van der Waals surface area contributed by atoms with Crippen molar-refractivity contribution in [1.29, 1.82) is 0 Å². The zero-order chi connectivity index (χ0) is 26.9. The van der Waals surface area contributed by atoms with Crippen LogP contribution in [0.5, 0.6) is 11.5 Å². The number of nitro benzene ring substituents is 1. The van der Waals surface area contributed by atoms with E-state index in [9.17, 15) is 28.1 Å². The van der Waals surface area contributed by atoms with Gasteiger partial charge in [0.25, 0.3) is 11.6 Å². The van der Waals surface area contributed by atoms with Crippen molar-refractivity contribution in [3.63, 3.8) is 0 Å². The van der Waals surface area contributed by atoms with Gasteiger partial charge in [0.05, 0.1) is 44.6 Å². The quantitative estimate of drug-likeness (QED) is 0.189. The van der Waals surface area contributed by atoms with Gasteiger partial charge >= 0.3 is 6.18 Å². The van der Waals surface area contributed by atoms with Crippen LogP contribution < -0.4 is 10.1 Å². The molecular weight excluding hydrogens is 561 g/mol. The van der Waals surface area contributed by atoms with Crippen LogP contribution in [0.2, 0.25) is 0 Å². The van der Waals surface area contributed by atoms with Crippen molar-refractivity contribution >= 4 is 33.2 Å². The number of furan rings is 1. The molecule has 1 N–H and O–H groups in total. The molecular formula is C24H18BrF3N4O5. The molecule has 37 heavy (non-hydrogen) atoms. The largest absolute Gasteiger partial charge is 0.457 e. The first-order valence-corrected chi connectivity index (χ1v) is 11.4. The number of anilines is 1. The van der Waals surface area contributed by atoms with Crippen LogP contribution in [0.25, 0.3) is 0 Å². The lowest BCUT2D eigenvalue weighted by atomic mass is 10.2.